The molecule has 0 aliphatic heterocycles. The maximum absolute atomic E-state index is 9.54. The van der Waals surface area contributed by atoms with Crippen molar-refractivity contribution in [1.29, 1.82) is 0 Å². The fourth-order valence-electron chi connectivity index (χ4n) is 4.55. The summed E-state index contributed by atoms with van der Waals surface area (Å²) in [5.41, 5.74) is 11.5. The molecular weight excluding hydrogens is 340 g/mol. The summed E-state index contributed by atoms with van der Waals surface area (Å²) in [4.78, 5) is 6.33. The van der Waals surface area contributed by atoms with E-state index < -0.39 is 0 Å². The fraction of sp³-hybridized carbons (Fsp3) is 0.591. The third kappa shape index (κ3) is 3.47. The lowest BCUT2D eigenvalue weighted by atomic mass is 9.87. The monoisotopic (exact) mass is 370 g/mol. The summed E-state index contributed by atoms with van der Waals surface area (Å²) in [5, 5.41) is 10.9. The number of unbranched alkanes of at least 4 members (excludes halogenated alkanes) is 2. The van der Waals surface area contributed by atoms with Crippen molar-refractivity contribution in [1.82, 2.24) is 4.98 Å². The van der Waals surface area contributed by atoms with E-state index in [1.165, 1.54) is 51.5 Å². The van der Waals surface area contributed by atoms with Gasteiger partial charge in [0, 0.05) is 5.54 Å². The molecule has 0 spiro atoms. The van der Waals surface area contributed by atoms with Crippen molar-refractivity contribution in [2.45, 2.75) is 76.2 Å². The molecule has 3 nitrogen and oxygen atoms in total. The maximum Gasteiger partial charge on any atom is 0.0934 e. The number of nitrogens with zero attached hydrogens (tertiary/aromatic N) is 1. The minimum atomic E-state index is -0.376. The molecule has 1 saturated carbocycles. The SMILES string of the molecule is CCCCCc1nc2c(s1)-c1ccc([C@H]3CC[C@](N)(CO)C3)cc1CC2. The van der Waals surface area contributed by atoms with Crippen LogP contribution in [0, 0.1) is 0 Å². The molecule has 4 rings (SSSR count). The number of benzene rings is 1. The first-order valence-corrected chi connectivity index (χ1v) is 10.9. The molecule has 1 aromatic carbocycles. The predicted octanol–water partition coefficient (Wildman–Crippen LogP) is 4.60. The molecule has 2 aliphatic carbocycles. The van der Waals surface area contributed by atoms with Gasteiger partial charge < -0.3 is 10.8 Å². The first-order chi connectivity index (χ1) is 12.6. The summed E-state index contributed by atoms with van der Waals surface area (Å²) in [7, 11) is 0. The van der Waals surface area contributed by atoms with E-state index in [1.807, 2.05) is 11.3 Å². The zero-order valence-electron chi connectivity index (χ0n) is 15.8. The van der Waals surface area contributed by atoms with Crippen LogP contribution >= 0.6 is 11.3 Å². The molecule has 0 bridgehead atoms. The Kier molecular flexibility index (Phi) is 5.18. The third-order valence-electron chi connectivity index (χ3n) is 6.17. The topological polar surface area (TPSA) is 59.1 Å². The third-order valence-corrected chi connectivity index (χ3v) is 7.36. The van der Waals surface area contributed by atoms with Crippen LogP contribution in [0.1, 0.15) is 73.2 Å². The van der Waals surface area contributed by atoms with Gasteiger partial charge in [-0.15, -0.1) is 11.3 Å². The van der Waals surface area contributed by atoms with Crippen molar-refractivity contribution in [2.75, 3.05) is 6.61 Å². The molecule has 4 heteroatoms. The van der Waals surface area contributed by atoms with Crippen LogP contribution in [0.3, 0.4) is 0 Å². The number of rotatable bonds is 6. The van der Waals surface area contributed by atoms with Crippen molar-refractivity contribution in [3.05, 3.63) is 40.0 Å². The number of aliphatic hydroxyl groups is 1. The van der Waals surface area contributed by atoms with E-state index in [1.54, 1.807) is 0 Å². The lowest BCUT2D eigenvalue weighted by Crippen LogP contribution is -2.40. The molecule has 1 aromatic heterocycles. The van der Waals surface area contributed by atoms with E-state index in [2.05, 4.69) is 25.1 Å². The molecule has 0 unspecified atom stereocenters. The number of aromatic nitrogens is 1. The standard InChI is InChI=1S/C22H30N2OS/c1-2-3-4-5-20-24-19-9-7-16-12-15(6-8-18(16)21(19)26-20)17-10-11-22(23,13-17)14-25/h6,8,12,17,25H,2-5,7,9-11,13-14,23H2,1H3/t17-,22+/m0/s1. The number of thiazole rings is 1. The molecule has 2 aliphatic rings. The number of hydrogen-bond donors (Lipinski definition) is 2. The average molecular weight is 371 g/mol. The van der Waals surface area contributed by atoms with Gasteiger partial charge in [-0.25, -0.2) is 4.98 Å². The van der Waals surface area contributed by atoms with E-state index in [-0.39, 0.29) is 12.1 Å². The van der Waals surface area contributed by atoms with Gasteiger partial charge in [0.05, 0.1) is 22.2 Å². The fourth-order valence-corrected chi connectivity index (χ4v) is 5.76. The highest BCUT2D eigenvalue weighted by Crippen LogP contribution is 2.43. The molecular formula is C22H30N2OS. The normalized spacial score (nSPS) is 24.5. The van der Waals surface area contributed by atoms with Crippen molar-refractivity contribution >= 4 is 11.3 Å². The summed E-state index contributed by atoms with van der Waals surface area (Å²) in [5.74, 6) is 0.491. The van der Waals surface area contributed by atoms with Crippen LogP contribution < -0.4 is 5.73 Å². The van der Waals surface area contributed by atoms with Gasteiger partial charge in [0.15, 0.2) is 0 Å². The highest BCUT2D eigenvalue weighted by Gasteiger charge is 2.36. The first-order valence-electron chi connectivity index (χ1n) is 10.1. The highest BCUT2D eigenvalue weighted by molar-refractivity contribution is 7.15. The van der Waals surface area contributed by atoms with Crippen molar-refractivity contribution in [3.63, 3.8) is 0 Å². The van der Waals surface area contributed by atoms with Crippen LogP contribution in [0.4, 0.5) is 0 Å². The molecule has 1 heterocycles. The van der Waals surface area contributed by atoms with Gasteiger partial charge in [0.25, 0.3) is 0 Å². The van der Waals surface area contributed by atoms with Gasteiger partial charge in [-0.3, -0.25) is 0 Å². The Morgan fingerprint density at radius 3 is 2.96 bits per heavy atom. The zero-order valence-corrected chi connectivity index (χ0v) is 16.6. The minimum absolute atomic E-state index is 0.0967. The molecule has 1 fully saturated rings. The number of nitrogens with two attached hydrogens (primary N) is 1. The first kappa shape index (κ1) is 18.1. The van der Waals surface area contributed by atoms with E-state index in [0.717, 1.165) is 38.5 Å². The summed E-state index contributed by atoms with van der Waals surface area (Å²) in [6.07, 6.45) is 10.0. The van der Waals surface area contributed by atoms with E-state index in [0.29, 0.717) is 5.92 Å². The second kappa shape index (κ2) is 7.41. The van der Waals surface area contributed by atoms with E-state index in [9.17, 15) is 5.11 Å². The largest absolute Gasteiger partial charge is 0.394 e. The van der Waals surface area contributed by atoms with Gasteiger partial charge in [-0.2, -0.15) is 0 Å². The lowest BCUT2D eigenvalue weighted by molar-refractivity contribution is 0.198. The van der Waals surface area contributed by atoms with Gasteiger partial charge >= 0.3 is 0 Å². The molecule has 2 aromatic rings. The Morgan fingerprint density at radius 1 is 1.31 bits per heavy atom. The number of aryl methyl sites for hydroxylation is 3. The van der Waals surface area contributed by atoms with Crippen LogP contribution in [0.5, 0.6) is 0 Å². The van der Waals surface area contributed by atoms with Crippen molar-refractivity contribution < 1.29 is 5.11 Å². The summed E-state index contributed by atoms with van der Waals surface area (Å²) >= 11 is 1.91. The second-order valence-electron chi connectivity index (χ2n) is 8.22. The van der Waals surface area contributed by atoms with Gasteiger partial charge in [-0.1, -0.05) is 38.0 Å². The van der Waals surface area contributed by atoms with E-state index >= 15 is 0 Å². The Hall–Kier alpha value is -1.23. The van der Waals surface area contributed by atoms with Crippen LogP contribution in [0.15, 0.2) is 18.2 Å². The maximum atomic E-state index is 9.54. The minimum Gasteiger partial charge on any atom is -0.394 e. The quantitative estimate of drug-likeness (QED) is 0.731. The second-order valence-corrected chi connectivity index (χ2v) is 9.30. The summed E-state index contributed by atoms with van der Waals surface area (Å²) in [6.45, 7) is 2.35. The van der Waals surface area contributed by atoms with Crippen LogP contribution in [-0.4, -0.2) is 22.2 Å². The molecule has 2 atom stereocenters. The lowest BCUT2D eigenvalue weighted by Gasteiger charge is -2.22. The van der Waals surface area contributed by atoms with Gasteiger partial charge in [-0.05, 0) is 67.6 Å². The number of aliphatic hydroxyl groups excluding tert-OH is 1. The number of fused-ring (bicyclic) bond motifs is 3. The number of hydrogen-bond acceptors (Lipinski definition) is 4. The smallest absolute Gasteiger partial charge is 0.0934 e. The van der Waals surface area contributed by atoms with E-state index in [4.69, 9.17) is 10.7 Å². The van der Waals surface area contributed by atoms with Crippen LogP contribution in [-0.2, 0) is 19.3 Å². The Morgan fingerprint density at radius 2 is 2.19 bits per heavy atom. The Balaban J connectivity index is 1.55. The van der Waals surface area contributed by atoms with Gasteiger partial charge in [0.2, 0.25) is 0 Å². The highest BCUT2D eigenvalue weighted by atomic mass is 32.1. The Labute approximate surface area is 160 Å². The summed E-state index contributed by atoms with van der Waals surface area (Å²) in [6, 6.07) is 7.01. The molecule has 0 radical (unpaired) electrons. The van der Waals surface area contributed by atoms with Gasteiger partial charge in [0.1, 0.15) is 0 Å². The summed E-state index contributed by atoms with van der Waals surface area (Å²) < 4.78 is 0. The zero-order chi connectivity index (χ0) is 18.1. The molecule has 0 saturated heterocycles. The average Bonchev–Trinajstić information content (AvgIpc) is 3.25. The molecule has 140 valence electrons. The molecule has 26 heavy (non-hydrogen) atoms. The Bertz CT molecular complexity index is 784. The van der Waals surface area contributed by atoms with Crippen LogP contribution in [0.2, 0.25) is 0 Å². The van der Waals surface area contributed by atoms with Crippen molar-refractivity contribution in [3.8, 4) is 10.4 Å². The molecule has 3 N–H and O–H groups in total. The van der Waals surface area contributed by atoms with Crippen molar-refractivity contribution in [2.24, 2.45) is 5.73 Å². The van der Waals surface area contributed by atoms with Crippen LogP contribution in [0.25, 0.3) is 10.4 Å². The predicted molar refractivity (Wildman–Crippen MR) is 109 cm³/mol. The molecule has 0 amide bonds.